The van der Waals surface area contributed by atoms with Crippen molar-refractivity contribution in [1.82, 2.24) is 19.9 Å². The molecule has 0 bridgehead atoms. The number of thioether (sulfide) groups is 1. The number of carbonyl (C=O) groups excluding carboxylic acids is 2. The highest BCUT2D eigenvalue weighted by Crippen LogP contribution is 2.32. The largest absolute Gasteiger partial charge is 0.378 e. The summed E-state index contributed by atoms with van der Waals surface area (Å²) in [6.45, 7) is 3.99. The van der Waals surface area contributed by atoms with Crippen molar-refractivity contribution in [3.05, 3.63) is 105 Å². The van der Waals surface area contributed by atoms with Gasteiger partial charge in [-0.25, -0.2) is 15.0 Å². The lowest BCUT2D eigenvalue weighted by molar-refractivity contribution is -0.137. The number of rotatable bonds is 11. The molecule has 220 valence electrons. The monoisotopic (exact) mass is 628 g/mol. The summed E-state index contributed by atoms with van der Waals surface area (Å²) in [7, 11) is 3.93. The quantitative estimate of drug-likeness (QED) is 0.126. The molecule has 3 aromatic heterocycles. The minimum atomic E-state index is -0.856. The number of benzene rings is 2. The van der Waals surface area contributed by atoms with Crippen molar-refractivity contribution in [3.63, 3.8) is 0 Å². The smallest absolute Gasteiger partial charge is 0.252 e. The van der Waals surface area contributed by atoms with Crippen LogP contribution in [0.1, 0.15) is 27.3 Å². The fraction of sp³-hybridized carbons (Fsp3) is 0.219. The van der Waals surface area contributed by atoms with Gasteiger partial charge < -0.3 is 15.1 Å². The zero-order valence-electron chi connectivity index (χ0n) is 24.4. The first-order chi connectivity index (χ1) is 20.8. The first-order valence-electron chi connectivity index (χ1n) is 13.6. The molecular weight excluding hydrogens is 597 g/mol. The number of hydrogen-bond donors (Lipinski definition) is 1. The van der Waals surface area contributed by atoms with Crippen LogP contribution in [0.15, 0.2) is 88.7 Å². The van der Waals surface area contributed by atoms with E-state index >= 15 is 0 Å². The van der Waals surface area contributed by atoms with Crippen molar-refractivity contribution in [3.8, 4) is 11.3 Å². The highest BCUT2D eigenvalue weighted by atomic mass is 32.2. The second-order valence-corrected chi connectivity index (χ2v) is 12.9. The molecule has 11 heteroatoms. The topological polar surface area (TPSA) is 91.3 Å². The van der Waals surface area contributed by atoms with Crippen molar-refractivity contribution in [1.29, 1.82) is 0 Å². The Hall–Kier alpha value is -4.06. The van der Waals surface area contributed by atoms with Gasteiger partial charge in [-0.1, -0.05) is 48.2 Å². The van der Waals surface area contributed by atoms with Gasteiger partial charge in [-0.15, -0.1) is 22.7 Å². The third-order valence-electron chi connectivity index (χ3n) is 6.56. The van der Waals surface area contributed by atoms with Gasteiger partial charge in [-0.2, -0.15) is 0 Å². The molecule has 5 rings (SSSR count). The standard InChI is InChI=1S/C32H32N6O2S3/c1-21-17-22(2)34-32(33-21)43-20-29(39)38(18-28-36-26(19-42-28)23-9-6-5-7-10-23)30(27-11-8-16-41-27)31(40)35-24-12-14-25(15-13-24)37(3)4/h5-17,19,30H,18,20H2,1-4H3,(H,35,40)/t30-/m1/s1. The van der Waals surface area contributed by atoms with Crippen LogP contribution < -0.4 is 10.2 Å². The lowest BCUT2D eigenvalue weighted by Gasteiger charge is -2.30. The summed E-state index contributed by atoms with van der Waals surface area (Å²) in [5.74, 6) is -0.423. The maximum Gasteiger partial charge on any atom is 0.252 e. The average molecular weight is 629 g/mol. The molecule has 0 saturated carbocycles. The Morgan fingerprint density at radius 1 is 0.907 bits per heavy atom. The van der Waals surface area contributed by atoms with Gasteiger partial charge in [-0.05, 0) is 55.6 Å². The molecule has 0 aliphatic rings. The van der Waals surface area contributed by atoms with Gasteiger partial charge in [0.1, 0.15) is 11.0 Å². The second-order valence-electron chi connectivity index (χ2n) is 10.1. The Morgan fingerprint density at radius 2 is 1.63 bits per heavy atom. The molecule has 0 radical (unpaired) electrons. The number of nitrogens with one attached hydrogen (secondary N) is 1. The van der Waals surface area contributed by atoms with Gasteiger partial charge >= 0.3 is 0 Å². The van der Waals surface area contributed by atoms with Crippen LogP contribution in [0.4, 0.5) is 11.4 Å². The van der Waals surface area contributed by atoms with Gasteiger partial charge in [-0.3, -0.25) is 9.59 Å². The van der Waals surface area contributed by atoms with Crippen LogP contribution in [0.5, 0.6) is 0 Å². The third-order valence-corrected chi connectivity index (χ3v) is 9.15. The molecule has 2 aromatic carbocycles. The lowest BCUT2D eigenvalue weighted by Crippen LogP contribution is -2.41. The van der Waals surface area contributed by atoms with Crippen LogP contribution in [-0.2, 0) is 16.1 Å². The Bertz CT molecular complexity index is 1650. The van der Waals surface area contributed by atoms with E-state index in [1.807, 2.05) is 116 Å². The maximum atomic E-state index is 14.0. The van der Waals surface area contributed by atoms with E-state index in [1.165, 1.54) is 34.4 Å². The van der Waals surface area contributed by atoms with E-state index in [0.717, 1.165) is 38.2 Å². The third kappa shape index (κ3) is 7.86. The summed E-state index contributed by atoms with van der Waals surface area (Å²) < 4.78 is 0. The Morgan fingerprint density at radius 3 is 2.28 bits per heavy atom. The van der Waals surface area contributed by atoms with Crippen molar-refractivity contribution >= 4 is 57.6 Å². The predicted octanol–water partition coefficient (Wildman–Crippen LogP) is 6.85. The average Bonchev–Trinajstić information content (AvgIpc) is 3.69. The zero-order chi connectivity index (χ0) is 30.3. The Balaban J connectivity index is 1.45. The van der Waals surface area contributed by atoms with Crippen molar-refractivity contribution in [2.24, 2.45) is 0 Å². The number of thiazole rings is 1. The highest BCUT2D eigenvalue weighted by molar-refractivity contribution is 7.99. The van der Waals surface area contributed by atoms with Gasteiger partial charge in [0.05, 0.1) is 18.0 Å². The number of nitrogens with zero attached hydrogens (tertiary/aromatic N) is 5. The number of aromatic nitrogens is 3. The molecule has 2 amide bonds. The second kappa shape index (κ2) is 13.9. The Kier molecular flexibility index (Phi) is 9.86. The van der Waals surface area contributed by atoms with Gasteiger partial charge in [0, 0.05) is 52.7 Å². The number of anilines is 2. The maximum absolute atomic E-state index is 14.0. The molecule has 0 saturated heterocycles. The van der Waals surface area contributed by atoms with E-state index < -0.39 is 6.04 Å². The molecule has 3 heterocycles. The zero-order valence-corrected chi connectivity index (χ0v) is 26.8. The summed E-state index contributed by atoms with van der Waals surface area (Å²) in [6.07, 6.45) is 0. The van der Waals surface area contributed by atoms with E-state index in [9.17, 15) is 9.59 Å². The van der Waals surface area contributed by atoms with Crippen LogP contribution in [-0.4, -0.2) is 51.5 Å². The summed E-state index contributed by atoms with van der Waals surface area (Å²) in [6, 6.07) is 22.4. The van der Waals surface area contributed by atoms with Gasteiger partial charge in [0.15, 0.2) is 5.16 Å². The van der Waals surface area contributed by atoms with Gasteiger partial charge in [0.25, 0.3) is 5.91 Å². The van der Waals surface area contributed by atoms with Crippen LogP contribution in [0.2, 0.25) is 0 Å². The fourth-order valence-electron chi connectivity index (χ4n) is 4.49. The van der Waals surface area contributed by atoms with Crippen LogP contribution in [0, 0.1) is 13.8 Å². The molecule has 0 unspecified atom stereocenters. The number of amides is 2. The number of hydrogen-bond acceptors (Lipinski definition) is 9. The normalized spacial score (nSPS) is 11.6. The van der Waals surface area contributed by atoms with E-state index in [2.05, 4.69) is 15.3 Å². The van der Waals surface area contributed by atoms with E-state index in [0.29, 0.717) is 10.8 Å². The van der Waals surface area contributed by atoms with Crippen LogP contribution >= 0.6 is 34.4 Å². The molecule has 1 N–H and O–H groups in total. The van der Waals surface area contributed by atoms with E-state index in [4.69, 9.17) is 4.98 Å². The van der Waals surface area contributed by atoms with Crippen molar-refractivity contribution in [2.45, 2.75) is 31.6 Å². The fourth-order valence-corrected chi connectivity index (χ4v) is 6.96. The molecule has 0 aliphatic heterocycles. The predicted molar refractivity (Wildman–Crippen MR) is 177 cm³/mol. The van der Waals surface area contributed by atoms with E-state index in [-0.39, 0.29) is 24.1 Å². The van der Waals surface area contributed by atoms with Gasteiger partial charge in [0.2, 0.25) is 5.91 Å². The molecule has 0 spiro atoms. The number of aryl methyl sites for hydroxylation is 2. The minimum Gasteiger partial charge on any atom is -0.378 e. The molecule has 5 aromatic rings. The first-order valence-corrected chi connectivity index (χ1v) is 16.4. The summed E-state index contributed by atoms with van der Waals surface area (Å²) in [5.41, 5.74) is 5.19. The molecule has 43 heavy (non-hydrogen) atoms. The molecular formula is C32H32N6O2S3. The highest BCUT2D eigenvalue weighted by Gasteiger charge is 2.33. The molecule has 0 fully saturated rings. The van der Waals surface area contributed by atoms with Crippen LogP contribution in [0.3, 0.4) is 0 Å². The summed E-state index contributed by atoms with van der Waals surface area (Å²) in [5, 5.41) is 8.22. The Labute approximate surface area is 263 Å². The number of carbonyl (C=O) groups is 2. The van der Waals surface area contributed by atoms with Crippen molar-refractivity contribution < 1.29 is 9.59 Å². The molecule has 0 aliphatic carbocycles. The minimum absolute atomic E-state index is 0.0759. The van der Waals surface area contributed by atoms with E-state index in [1.54, 1.807) is 4.90 Å². The summed E-state index contributed by atoms with van der Waals surface area (Å²) in [4.78, 5) is 46.2. The first kappa shape index (κ1) is 30.4. The molecule has 1 atom stereocenters. The van der Waals surface area contributed by atoms with Crippen LogP contribution in [0.25, 0.3) is 11.3 Å². The number of thiophene rings is 1. The lowest BCUT2D eigenvalue weighted by atomic mass is 10.1. The van der Waals surface area contributed by atoms with Crippen molar-refractivity contribution in [2.75, 3.05) is 30.1 Å². The molecule has 8 nitrogen and oxygen atoms in total. The SMILES string of the molecule is Cc1cc(C)nc(SCC(=O)N(Cc2nc(-c3ccccc3)cs2)[C@@H](C(=O)Nc2ccc(N(C)C)cc2)c2cccs2)n1. The summed E-state index contributed by atoms with van der Waals surface area (Å²) >= 11 is 4.19.